The van der Waals surface area contributed by atoms with Gasteiger partial charge in [0, 0.05) is 12.5 Å². The number of benzene rings is 2. The predicted molar refractivity (Wildman–Crippen MR) is 94.4 cm³/mol. The molecular formula is C18H15NO6S. The van der Waals surface area contributed by atoms with E-state index in [4.69, 9.17) is 9.15 Å². The number of hydrogen-bond donors (Lipinski definition) is 2. The fourth-order valence-electron chi connectivity index (χ4n) is 2.28. The van der Waals surface area contributed by atoms with Crippen LogP contribution in [-0.4, -0.2) is 19.5 Å². The number of sulfonamides is 1. The molecular weight excluding hydrogens is 358 g/mol. The lowest BCUT2D eigenvalue weighted by atomic mass is 10.1. The third-order valence-electron chi connectivity index (χ3n) is 3.40. The molecule has 0 saturated carbocycles. The van der Waals surface area contributed by atoms with E-state index < -0.39 is 27.5 Å². The van der Waals surface area contributed by atoms with Gasteiger partial charge in [0.15, 0.2) is 5.76 Å². The maximum absolute atomic E-state index is 12.5. The van der Waals surface area contributed by atoms with Crippen LogP contribution in [-0.2, 0) is 14.8 Å². The molecule has 1 heterocycles. The first-order valence-corrected chi connectivity index (χ1v) is 9.04. The molecule has 26 heavy (non-hydrogen) atoms. The van der Waals surface area contributed by atoms with Crippen molar-refractivity contribution in [1.29, 1.82) is 0 Å². The Morgan fingerprint density at radius 1 is 1.04 bits per heavy atom. The van der Waals surface area contributed by atoms with Gasteiger partial charge in [-0.3, -0.25) is 4.79 Å². The maximum atomic E-state index is 12.5. The monoisotopic (exact) mass is 373 g/mol. The summed E-state index contributed by atoms with van der Waals surface area (Å²) in [6.07, 6.45) is 0. The van der Waals surface area contributed by atoms with Gasteiger partial charge in [-0.15, -0.1) is 0 Å². The molecule has 3 rings (SSSR count). The highest BCUT2D eigenvalue weighted by atomic mass is 32.2. The highest BCUT2D eigenvalue weighted by Gasteiger charge is 2.27. The first-order valence-electron chi connectivity index (χ1n) is 7.56. The van der Waals surface area contributed by atoms with Gasteiger partial charge in [-0.2, -0.15) is 0 Å². The first kappa shape index (κ1) is 17.6. The summed E-state index contributed by atoms with van der Waals surface area (Å²) in [6.45, 7) is 1.13. The van der Waals surface area contributed by atoms with Crippen molar-refractivity contribution in [2.75, 3.05) is 4.72 Å². The second-order valence-electron chi connectivity index (χ2n) is 5.32. The number of aromatic hydroxyl groups is 1. The molecule has 0 radical (unpaired) electrons. The number of nitrogens with one attached hydrogen (secondary N) is 1. The van der Waals surface area contributed by atoms with Crippen LogP contribution in [0.5, 0.6) is 11.5 Å². The molecule has 0 unspecified atom stereocenters. The zero-order valence-electron chi connectivity index (χ0n) is 13.7. The van der Waals surface area contributed by atoms with Crippen LogP contribution in [0.25, 0.3) is 11.3 Å². The summed E-state index contributed by atoms with van der Waals surface area (Å²) in [5.74, 6) is -2.01. The molecule has 0 amide bonds. The topological polar surface area (TPSA) is 106 Å². The van der Waals surface area contributed by atoms with E-state index in [0.29, 0.717) is 5.56 Å². The summed E-state index contributed by atoms with van der Waals surface area (Å²) in [6, 6.07) is 16.1. The Morgan fingerprint density at radius 2 is 1.62 bits per heavy atom. The van der Waals surface area contributed by atoms with Gasteiger partial charge in [-0.1, -0.05) is 48.5 Å². The zero-order valence-corrected chi connectivity index (χ0v) is 14.5. The molecule has 7 nitrogen and oxygen atoms in total. The van der Waals surface area contributed by atoms with Crippen LogP contribution in [0.2, 0.25) is 0 Å². The minimum absolute atomic E-state index is 0.00840. The molecule has 0 bridgehead atoms. The van der Waals surface area contributed by atoms with E-state index in [1.165, 1.54) is 12.1 Å². The van der Waals surface area contributed by atoms with Crippen LogP contribution in [0.15, 0.2) is 70.0 Å². The van der Waals surface area contributed by atoms with Gasteiger partial charge in [-0.25, -0.2) is 13.1 Å². The van der Waals surface area contributed by atoms with E-state index in [0.717, 1.165) is 6.92 Å². The Labute approximate surface area is 149 Å². The van der Waals surface area contributed by atoms with Crippen molar-refractivity contribution in [1.82, 2.24) is 0 Å². The van der Waals surface area contributed by atoms with E-state index in [1.807, 2.05) is 0 Å². The molecule has 2 aromatic carbocycles. The number of carbonyl (C=O) groups is 1. The van der Waals surface area contributed by atoms with Crippen LogP contribution in [0.3, 0.4) is 0 Å². The number of esters is 1. The fraction of sp³-hybridized carbons (Fsp3) is 0.0556. The van der Waals surface area contributed by atoms with Crippen LogP contribution < -0.4 is 9.46 Å². The van der Waals surface area contributed by atoms with Gasteiger partial charge in [0.05, 0.1) is 4.90 Å². The van der Waals surface area contributed by atoms with Gasteiger partial charge in [0.25, 0.3) is 15.9 Å². The van der Waals surface area contributed by atoms with E-state index in [1.54, 1.807) is 48.5 Å². The van der Waals surface area contributed by atoms with Crippen molar-refractivity contribution in [2.24, 2.45) is 0 Å². The normalized spacial score (nSPS) is 11.1. The van der Waals surface area contributed by atoms with Crippen molar-refractivity contribution in [3.05, 3.63) is 60.7 Å². The van der Waals surface area contributed by atoms with Gasteiger partial charge >= 0.3 is 5.97 Å². The van der Waals surface area contributed by atoms with Gasteiger partial charge in [-0.05, 0) is 12.1 Å². The second-order valence-corrected chi connectivity index (χ2v) is 7.00. The molecule has 134 valence electrons. The van der Waals surface area contributed by atoms with E-state index >= 15 is 0 Å². The Morgan fingerprint density at radius 3 is 2.19 bits per heavy atom. The molecule has 0 aliphatic carbocycles. The van der Waals surface area contributed by atoms with Crippen LogP contribution in [0.4, 0.5) is 5.88 Å². The molecule has 0 atom stereocenters. The summed E-state index contributed by atoms with van der Waals surface area (Å²) in [5.41, 5.74) is 0.489. The highest BCUT2D eigenvalue weighted by Crippen LogP contribution is 2.46. The predicted octanol–water partition coefficient (Wildman–Crippen LogP) is 3.38. The lowest BCUT2D eigenvalue weighted by Gasteiger charge is -2.07. The Balaban J connectivity index is 2.07. The minimum atomic E-state index is -4.00. The van der Waals surface area contributed by atoms with Gasteiger partial charge in [0.2, 0.25) is 11.5 Å². The van der Waals surface area contributed by atoms with E-state index in [-0.39, 0.29) is 16.5 Å². The van der Waals surface area contributed by atoms with Crippen LogP contribution in [0, 0.1) is 0 Å². The third-order valence-corrected chi connectivity index (χ3v) is 4.75. The average Bonchev–Trinajstić information content (AvgIpc) is 2.92. The van der Waals surface area contributed by atoms with Gasteiger partial charge in [0.1, 0.15) is 0 Å². The summed E-state index contributed by atoms with van der Waals surface area (Å²) >= 11 is 0. The number of furan rings is 1. The molecule has 2 N–H and O–H groups in total. The van der Waals surface area contributed by atoms with Crippen LogP contribution >= 0.6 is 0 Å². The van der Waals surface area contributed by atoms with Crippen molar-refractivity contribution in [3.8, 4) is 22.8 Å². The summed E-state index contributed by atoms with van der Waals surface area (Å²) in [4.78, 5) is 11.3. The molecule has 8 heteroatoms. The first-order chi connectivity index (χ1) is 12.4. The largest absolute Gasteiger partial charge is 0.502 e. The molecule has 0 aliphatic rings. The standard InChI is InChI=1S/C18H15NO6S/c1-12(20)24-17-15(21)16(13-8-4-2-5-9-13)25-18(17)19-26(22,23)14-10-6-3-7-11-14/h2-11,19,21H,1H3. The second kappa shape index (κ2) is 6.93. The quantitative estimate of drug-likeness (QED) is 0.664. The number of ether oxygens (including phenoxy) is 1. The average molecular weight is 373 g/mol. The Bertz CT molecular complexity index is 1030. The minimum Gasteiger partial charge on any atom is -0.502 e. The smallest absolute Gasteiger partial charge is 0.308 e. The number of anilines is 1. The lowest BCUT2D eigenvalue weighted by Crippen LogP contribution is -2.13. The SMILES string of the molecule is CC(=O)Oc1c(NS(=O)(=O)c2ccccc2)oc(-c2ccccc2)c1O. The van der Waals surface area contributed by atoms with Crippen molar-refractivity contribution in [2.45, 2.75) is 11.8 Å². The van der Waals surface area contributed by atoms with E-state index in [2.05, 4.69) is 4.72 Å². The molecule has 3 aromatic rings. The molecule has 0 fully saturated rings. The maximum Gasteiger partial charge on any atom is 0.308 e. The lowest BCUT2D eigenvalue weighted by molar-refractivity contribution is -0.131. The fourth-order valence-corrected chi connectivity index (χ4v) is 3.29. The van der Waals surface area contributed by atoms with Crippen molar-refractivity contribution in [3.63, 3.8) is 0 Å². The highest BCUT2D eigenvalue weighted by molar-refractivity contribution is 7.92. The summed E-state index contributed by atoms with van der Waals surface area (Å²) in [7, 11) is -4.00. The van der Waals surface area contributed by atoms with E-state index in [9.17, 15) is 18.3 Å². The molecule has 0 spiro atoms. The van der Waals surface area contributed by atoms with Crippen LogP contribution in [0.1, 0.15) is 6.92 Å². The third kappa shape index (κ3) is 3.55. The summed E-state index contributed by atoms with van der Waals surface area (Å²) in [5, 5.41) is 10.4. The number of rotatable bonds is 5. The summed E-state index contributed by atoms with van der Waals surface area (Å²) < 4.78 is 37.6. The Hall–Kier alpha value is -3.26. The molecule has 0 aliphatic heterocycles. The molecule has 0 saturated heterocycles. The van der Waals surface area contributed by atoms with Crippen molar-refractivity contribution >= 4 is 21.9 Å². The van der Waals surface area contributed by atoms with Crippen molar-refractivity contribution < 1.29 is 27.5 Å². The number of carbonyl (C=O) groups excluding carboxylic acids is 1. The molecule has 1 aromatic heterocycles. The Kier molecular flexibility index (Phi) is 4.68. The number of hydrogen-bond acceptors (Lipinski definition) is 6. The zero-order chi connectivity index (χ0) is 18.7. The van der Waals surface area contributed by atoms with Gasteiger partial charge < -0.3 is 14.3 Å².